The van der Waals surface area contributed by atoms with Crippen molar-refractivity contribution in [3.05, 3.63) is 163 Å². The fraction of sp³-hybridized carbons (Fsp3) is 0.200. The highest BCUT2D eigenvalue weighted by Gasteiger charge is 2.52. The zero-order chi connectivity index (χ0) is 34.9. The van der Waals surface area contributed by atoms with Crippen LogP contribution in [0.4, 0.5) is 0 Å². The molecule has 0 radical (unpaired) electrons. The molecule has 0 amide bonds. The summed E-state index contributed by atoms with van der Waals surface area (Å²) in [5.74, 6) is 3.25. The molecule has 3 nitrogen and oxygen atoms in total. The molecule has 0 atom stereocenters. The molecule has 4 aliphatic carbocycles. The van der Waals surface area contributed by atoms with E-state index in [9.17, 15) is 0 Å². The van der Waals surface area contributed by atoms with Gasteiger partial charge in [-0.3, -0.25) is 4.57 Å². The molecule has 256 valence electrons. The second kappa shape index (κ2) is 12.1. The van der Waals surface area contributed by atoms with E-state index in [2.05, 4.69) is 162 Å². The molecule has 0 spiro atoms. The van der Waals surface area contributed by atoms with E-state index in [1.165, 1.54) is 71.6 Å². The molecule has 53 heavy (non-hydrogen) atoms. The van der Waals surface area contributed by atoms with E-state index in [-0.39, 0.29) is 5.41 Å². The Morgan fingerprint density at radius 3 is 1.47 bits per heavy atom. The molecule has 2 heterocycles. The van der Waals surface area contributed by atoms with E-state index in [1.54, 1.807) is 5.56 Å². The summed E-state index contributed by atoms with van der Waals surface area (Å²) in [6, 6.07) is 57.3. The summed E-state index contributed by atoms with van der Waals surface area (Å²) < 4.78 is 2.25. The predicted octanol–water partition coefficient (Wildman–Crippen LogP) is 12.7. The molecule has 3 heteroatoms. The van der Waals surface area contributed by atoms with Gasteiger partial charge in [0.05, 0.1) is 22.4 Å². The molecule has 0 saturated heterocycles. The Kier molecular flexibility index (Phi) is 7.05. The van der Waals surface area contributed by atoms with Crippen molar-refractivity contribution in [1.82, 2.24) is 14.5 Å². The highest BCUT2D eigenvalue weighted by molar-refractivity contribution is 6.09. The molecular formula is C50H41N3. The molecule has 2 aromatic heterocycles. The Hall–Kier alpha value is -5.80. The van der Waals surface area contributed by atoms with Gasteiger partial charge in [0.25, 0.3) is 0 Å². The normalized spacial score (nSPS) is 21.8. The van der Waals surface area contributed by atoms with E-state index < -0.39 is 0 Å². The van der Waals surface area contributed by atoms with E-state index in [4.69, 9.17) is 9.97 Å². The summed E-state index contributed by atoms with van der Waals surface area (Å²) in [6.45, 7) is 0. The summed E-state index contributed by atoms with van der Waals surface area (Å²) in [5, 5.41) is 2.41. The molecule has 4 fully saturated rings. The Morgan fingerprint density at radius 2 is 0.906 bits per heavy atom. The Morgan fingerprint density at radius 1 is 0.434 bits per heavy atom. The second-order valence-corrected chi connectivity index (χ2v) is 16.0. The molecule has 4 saturated carbocycles. The number of nitrogens with zero attached hydrogens (tertiary/aromatic N) is 3. The van der Waals surface area contributed by atoms with E-state index in [1.807, 2.05) is 0 Å². The van der Waals surface area contributed by atoms with Gasteiger partial charge in [0, 0.05) is 21.9 Å². The van der Waals surface area contributed by atoms with Crippen molar-refractivity contribution in [2.75, 3.05) is 0 Å². The molecule has 0 aliphatic heterocycles. The number of rotatable bonds is 6. The lowest BCUT2D eigenvalue weighted by Gasteiger charge is -2.57. The molecule has 8 aromatic rings. The Labute approximate surface area is 311 Å². The first-order valence-electron chi connectivity index (χ1n) is 19.4. The lowest BCUT2D eigenvalue weighted by atomic mass is 9.47. The van der Waals surface area contributed by atoms with Crippen LogP contribution in [0.15, 0.2) is 158 Å². The summed E-state index contributed by atoms with van der Waals surface area (Å²) in [5.41, 5.74) is 13.2. The first kappa shape index (κ1) is 30.8. The Bertz CT molecular complexity index is 2550. The molecule has 4 aliphatic rings. The van der Waals surface area contributed by atoms with Crippen LogP contribution in [0.1, 0.15) is 44.1 Å². The van der Waals surface area contributed by atoms with Gasteiger partial charge >= 0.3 is 0 Å². The van der Waals surface area contributed by atoms with Gasteiger partial charge in [0.15, 0.2) is 0 Å². The number of hydrogen-bond donors (Lipinski definition) is 0. The van der Waals surface area contributed by atoms with Crippen molar-refractivity contribution < 1.29 is 0 Å². The van der Waals surface area contributed by atoms with E-state index in [0.29, 0.717) is 5.95 Å². The first-order chi connectivity index (χ1) is 26.2. The molecule has 12 rings (SSSR count). The minimum Gasteiger partial charge on any atom is -0.278 e. The van der Waals surface area contributed by atoms with Crippen molar-refractivity contribution in [2.45, 2.75) is 43.9 Å². The highest BCUT2D eigenvalue weighted by Crippen LogP contribution is 2.62. The summed E-state index contributed by atoms with van der Waals surface area (Å²) in [4.78, 5) is 10.9. The van der Waals surface area contributed by atoms with Crippen molar-refractivity contribution in [2.24, 2.45) is 17.8 Å². The topological polar surface area (TPSA) is 30.7 Å². The van der Waals surface area contributed by atoms with Gasteiger partial charge in [-0.2, -0.15) is 0 Å². The van der Waals surface area contributed by atoms with Gasteiger partial charge in [-0.15, -0.1) is 0 Å². The van der Waals surface area contributed by atoms with Crippen LogP contribution in [0.25, 0.3) is 72.5 Å². The highest BCUT2D eigenvalue weighted by atomic mass is 15.2. The van der Waals surface area contributed by atoms with Gasteiger partial charge in [0.1, 0.15) is 0 Å². The van der Waals surface area contributed by atoms with Crippen LogP contribution >= 0.6 is 0 Å². The average molecular weight is 684 g/mol. The van der Waals surface area contributed by atoms with Gasteiger partial charge in [0.2, 0.25) is 5.95 Å². The quantitative estimate of drug-likeness (QED) is 0.175. The van der Waals surface area contributed by atoms with Gasteiger partial charge < -0.3 is 0 Å². The molecule has 0 N–H and O–H groups in total. The van der Waals surface area contributed by atoms with E-state index in [0.717, 1.165) is 51.3 Å². The molecule has 0 unspecified atom stereocenters. The third-order valence-corrected chi connectivity index (χ3v) is 12.8. The largest absolute Gasteiger partial charge is 0.278 e. The average Bonchev–Trinajstić information content (AvgIpc) is 3.55. The third-order valence-electron chi connectivity index (χ3n) is 12.8. The van der Waals surface area contributed by atoms with Crippen LogP contribution in [0.5, 0.6) is 0 Å². The predicted molar refractivity (Wildman–Crippen MR) is 218 cm³/mol. The number of fused-ring (bicyclic) bond motifs is 3. The zero-order valence-electron chi connectivity index (χ0n) is 29.8. The van der Waals surface area contributed by atoms with Crippen LogP contribution in [-0.4, -0.2) is 14.5 Å². The SMILES string of the molecule is c1ccc(-c2cc(-c3cc(-c4ccccc4)c(C45CC6CC(CC(C6)C4)C5)cc3-c3ccccc3)nc(-n3c4ccccc4c4ccccc43)n2)cc1. The number of benzene rings is 6. The van der Waals surface area contributed by atoms with Crippen molar-refractivity contribution >= 4 is 21.8 Å². The zero-order valence-corrected chi connectivity index (χ0v) is 29.8. The first-order valence-corrected chi connectivity index (χ1v) is 19.4. The van der Waals surface area contributed by atoms with Crippen LogP contribution < -0.4 is 0 Å². The smallest absolute Gasteiger partial charge is 0.235 e. The van der Waals surface area contributed by atoms with Gasteiger partial charge in [-0.25, -0.2) is 9.97 Å². The standard InChI is InChI=1S/C50H41N3/c1-4-14-36(15-5-1)41-28-44(50-30-33-24-34(31-50)26-35(25-33)32-50)42(37-16-6-2-7-17-37)27-43(41)46-29-45(38-18-8-3-9-19-38)51-49(52-46)53-47-22-12-10-20-39(47)40-21-11-13-23-48(40)53/h1-23,27-29,33-35H,24-26,30-32H2. The maximum Gasteiger partial charge on any atom is 0.235 e. The lowest BCUT2D eigenvalue weighted by Crippen LogP contribution is -2.48. The van der Waals surface area contributed by atoms with Crippen LogP contribution in [0, 0.1) is 17.8 Å². The third kappa shape index (κ3) is 5.09. The number of para-hydroxylation sites is 2. The summed E-state index contributed by atoms with van der Waals surface area (Å²) >= 11 is 0. The summed E-state index contributed by atoms with van der Waals surface area (Å²) in [6.07, 6.45) is 8.23. The summed E-state index contributed by atoms with van der Waals surface area (Å²) in [7, 11) is 0. The number of hydrogen-bond acceptors (Lipinski definition) is 2. The van der Waals surface area contributed by atoms with Crippen molar-refractivity contribution in [3.8, 4) is 50.7 Å². The minimum atomic E-state index is 0.219. The van der Waals surface area contributed by atoms with Crippen molar-refractivity contribution in [3.63, 3.8) is 0 Å². The van der Waals surface area contributed by atoms with Crippen LogP contribution in [0.2, 0.25) is 0 Å². The van der Waals surface area contributed by atoms with Crippen molar-refractivity contribution in [1.29, 1.82) is 0 Å². The van der Waals surface area contributed by atoms with Gasteiger partial charge in [-0.1, -0.05) is 127 Å². The molecule has 6 aromatic carbocycles. The maximum absolute atomic E-state index is 5.57. The van der Waals surface area contributed by atoms with Crippen LogP contribution in [-0.2, 0) is 5.41 Å². The number of aromatic nitrogens is 3. The van der Waals surface area contributed by atoms with Gasteiger partial charge in [-0.05, 0) is 120 Å². The fourth-order valence-electron chi connectivity index (χ4n) is 11.0. The Balaban J connectivity index is 1.21. The second-order valence-electron chi connectivity index (χ2n) is 16.0. The minimum absolute atomic E-state index is 0.219. The van der Waals surface area contributed by atoms with Crippen LogP contribution in [0.3, 0.4) is 0 Å². The maximum atomic E-state index is 5.57. The molecule has 4 bridgehead atoms. The lowest BCUT2D eigenvalue weighted by molar-refractivity contribution is -0.00490. The molecular weight excluding hydrogens is 643 g/mol. The van der Waals surface area contributed by atoms with E-state index >= 15 is 0 Å². The monoisotopic (exact) mass is 683 g/mol. The fourth-order valence-corrected chi connectivity index (χ4v) is 11.0.